The molecule has 2 saturated heterocycles. The number of hydrogen-bond donors (Lipinski definition) is 2. The van der Waals surface area contributed by atoms with Gasteiger partial charge in [0.05, 0.1) is 30.6 Å². The van der Waals surface area contributed by atoms with Crippen LogP contribution in [0.2, 0.25) is 0 Å². The number of aromatic nitrogens is 4. The third-order valence-corrected chi connectivity index (χ3v) is 6.47. The van der Waals surface area contributed by atoms with E-state index in [-0.39, 0.29) is 12.3 Å². The van der Waals surface area contributed by atoms with Crippen molar-refractivity contribution in [2.75, 3.05) is 31.3 Å². The molecule has 3 aromatic rings. The van der Waals surface area contributed by atoms with Gasteiger partial charge < -0.3 is 25.1 Å². The number of nitrogens with one attached hydrogen (secondary N) is 2. The molecule has 9 heteroatoms. The number of rotatable bonds is 6. The SMILES string of the molecule is C[C@@H]1COCCN1c1cc(-c2ccnn2C)c2ccnc(/C(=C/C=N)N[C@H]3CCCCO3)c2n1. The summed E-state index contributed by atoms with van der Waals surface area (Å²) in [6, 6.07) is 6.37. The summed E-state index contributed by atoms with van der Waals surface area (Å²) in [5.41, 5.74) is 4.29. The first-order valence-corrected chi connectivity index (χ1v) is 11.9. The molecule has 0 amide bonds. The third kappa shape index (κ3) is 4.41. The van der Waals surface area contributed by atoms with E-state index < -0.39 is 0 Å². The summed E-state index contributed by atoms with van der Waals surface area (Å²) in [5.74, 6) is 0.886. The molecule has 0 aromatic carbocycles. The minimum absolute atomic E-state index is 0.101. The van der Waals surface area contributed by atoms with Crippen LogP contribution in [0.1, 0.15) is 31.9 Å². The van der Waals surface area contributed by atoms with Crippen LogP contribution >= 0.6 is 0 Å². The van der Waals surface area contributed by atoms with Crippen LogP contribution in [0.3, 0.4) is 0 Å². The standard InChI is InChI=1S/C25H31N7O2/c1-17-16-33-14-12-32(17)22-15-19(21-8-11-28-31(21)2)18-7-10-27-25(24(18)30-22)20(6-9-26)29-23-5-3-4-13-34-23/h6-11,15,17,23,26,29H,3-5,12-14,16H2,1-2H3/b20-6-,26-9?/t17-,23-/m1/s1. The van der Waals surface area contributed by atoms with E-state index in [9.17, 15) is 0 Å². The number of hydrogen-bond acceptors (Lipinski definition) is 8. The summed E-state index contributed by atoms with van der Waals surface area (Å²) in [5, 5.41) is 16.6. The molecule has 2 aliphatic rings. The molecule has 178 valence electrons. The van der Waals surface area contributed by atoms with Crippen molar-refractivity contribution < 1.29 is 9.47 Å². The molecule has 0 spiro atoms. The van der Waals surface area contributed by atoms with Crippen molar-refractivity contribution in [1.82, 2.24) is 25.1 Å². The summed E-state index contributed by atoms with van der Waals surface area (Å²) >= 11 is 0. The van der Waals surface area contributed by atoms with Gasteiger partial charge in [-0.2, -0.15) is 5.10 Å². The summed E-state index contributed by atoms with van der Waals surface area (Å²) in [4.78, 5) is 12.1. The second kappa shape index (κ2) is 9.90. The van der Waals surface area contributed by atoms with Gasteiger partial charge in [0.15, 0.2) is 0 Å². The van der Waals surface area contributed by atoms with E-state index in [1.165, 1.54) is 6.21 Å². The molecule has 5 heterocycles. The lowest BCUT2D eigenvalue weighted by atomic mass is 10.0. The average Bonchev–Trinajstić information content (AvgIpc) is 3.29. The van der Waals surface area contributed by atoms with Crippen LogP contribution in [0.5, 0.6) is 0 Å². The molecular weight excluding hydrogens is 430 g/mol. The first-order chi connectivity index (χ1) is 16.7. The number of ether oxygens (including phenoxy) is 2. The van der Waals surface area contributed by atoms with Gasteiger partial charge in [-0.15, -0.1) is 0 Å². The van der Waals surface area contributed by atoms with Crippen molar-refractivity contribution in [3.05, 3.63) is 42.4 Å². The van der Waals surface area contributed by atoms with E-state index in [1.807, 2.05) is 30.1 Å². The molecule has 5 rings (SSSR count). The molecule has 34 heavy (non-hydrogen) atoms. The van der Waals surface area contributed by atoms with Gasteiger partial charge in [-0.05, 0) is 50.5 Å². The summed E-state index contributed by atoms with van der Waals surface area (Å²) in [6.45, 7) is 5.00. The Hall–Kier alpha value is -3.30. The Morgan fingerprint density at radius 1 is 1.24 bits per heavy atom. The Labute approximate surface area is 199 Å². The Morgan fingerprint density at radius 2 is 2.15 bits per heavy atom. The Bertz CT molecular complexity index is 1200. The lowest BCUT2D eigenvalue weighted by molar-refractivity contribution is 0.00530. The zero-order chi connectivity index (χ0) is 23.5. The summed E-state index contributed by atoms with van der Waals surface area (Å²) in [7, 11) is 1.95. The zero-order valence-corrected chi connectivity index (χ0v) is 19.7. The van der Waals surface area contributed by atoms with Gasteiger partial charge in [0.1, 0.15) is 23.3 Å². The van der Waals surface area contributed by atoms with Crippen molar-refractivity contribution in [3.8, 4) is 11.3 Å². The Kier molecular flexibility index (Phi) is 6.55. The second-order valence-corrected chi connectivity index (χ2v) is 8.79. The molecule has 0 aliphatic carbocycles. The van der Waals surface area contributed by atoms with Crippen molar-refractivity contribution in [2.24, 2.45) is 7.05 Å². The molecule has 0 radical (unpaired) electrons. The first-order valence-electron chi connectivity index (χ1n) is 11.9. The predicted molar refractivity (Wildman–Crippen MR) is 133 cm³/mol. The molecular formula is C25H31N7O2. The van der Waals surface area contributed by atoms with Crippen LogP contribution in [0.25, 0.3) is 27.9 Å². The number of fused-ring (bicyclic) bond motifs is 1. The molecule has 2 fully saturated rings. The highest BCUT2D eigenvalue weighted by molar-refractivity contribution is 6.00. The maximum atomic E-state index is 7.76. The number of aryl methyl sites for hydroxylation is 1. The van der Waals surface area contributed by atoms with E-state index >= 15 is 0 Å². The molecule has 2 aliphatic heterocycles. The van der Waals surface area contributed by atoms with Gasteiger partial charge in [0.25, 0.3) is 0 Å². The highest BCUT2D eigenvalue weighted by atomic mass is 16.5. The van der Waals surface area contributed by atoms with Crippen molar-refractivity contribution in [3.63, 3.8) is 0 Å². The zero-order valence-electron chi connectivity index (χ0n) is 19.7. The minimum Gasteiger partial charge on any atom is -0.377 e. The predicted octanol–water partition coefficient (Wildman–Crippen LogP) is 3.36. The number of pyridine rings is 2. The molecule has 0 saturated carbocycles. The molecule has 0 bridgehead atoms. The maximum absolute atomic E-state index is 7.76. The van der Waals surface area contributed by atoms with Gasteiger partial charge in [-0.25, -0.2) is 4.98 Å². The minimum atomic E-state index is -0.101. The van der Waals surface area contributed by atoms with Crippen LogP contribution < -0.4 is 10.2 Å². The Morgan fingerprint density at radius 3 is 2.88 bits per heavy atom. The van der Waals surface area contributed by atoms with Gasteiger partial charge >= 0.3 is 0 Å². The van der Waals surface area contributed by atoms with Crippen LogP contribution in [-0.4, -0.2) is 64.6 Å². The van der Waals surface area contributed by atoms with Gasteiger partial charge in [-0.3, -0.25) is 9.67 Å². The van der Waals surface area contributed by atoms with Crippen molar-refractivity contribution in [1.29, 1.82) is 5.41 Å². The highest BCUT2D eigenvalue weighted by Gasteiger charge is 2.24. The first kappa shape index (κ1) is 22.5. The van der Waals surface area contributed by atoms with Gasteiger partial charge in [0, 0.05) is 49.8 Å². The van der Waals surface area contributed by atoms with E-state index in [4.69, 9.17) is 24.9 Å². The monoisotopic (exact) mass is 461 g/mol. The van der Waals surface area contributed by atoms with E-state index in [0.717, 1.165) is 66.1 Å². The van der Waals surface area contributed by atoms with E-state index in [1.54, 1.807) is 12.3 Å². The fourth-order valence-corrected chi connectivity index (χ4v) is 4.71. The quantitative estimate of drug-likeness (QED) is 0.543. The van der Waals surface area contributed by atoms with E-state index in [0.29, 0.717) is 18.9 Å². The van der Waals surface area contributed by atoms with Crippen LogP contribution in [0.4, 0.5) is 5.82 Å². The Balaban J connectivity index is 1.68. The number of morpholine rings is 1. The maximum Gasteiger partial charge on any atom is 0.130 e. The molecule has 9 nitrogen and oxygen atoms in total. The summed E-state index contributed by atoms with van der Waals surface area (Å²) < 4.78 is 13.5. The number of nitrogens with zero attached hydrogens (tertiary/aromatic N) is 5. The third-order valence-electron chi connectivity index (χ3n) is 6.47. The normalized spacial score (nSPS) is 21.6. The van der Waals surface area contributed by atoms with Gasteiger partial charge in [-0.1, -0.05) is 0 Å². The molecule has 2 N–H and O–H groups in total. The van der Waals surface area contributed by atoms with Crippen LogP contribution in [-0.2, 0) is 16.5 Å². The fourth-order valence-electron chi connectivity index (χ4n) is 4.71. The van der Waals surface area contributed by atoms with Crippen molar-refractivity contribution in [2.45, 2.75) is 38.5 Å². The van der Waals surface area contributed by atoms with Crippen LogP contribution in [0.15, 0.2) is 36.7 Å². The average molecular weight is 462 g/mol. The topological polar surface area (TPSA) is 101 Å². The van der Waals surface area contributed by atoms with E-state index in [2.05, 4.69) is 28.3 Å². The molecule has 0 unspecified atom stereocenters. The largest absolute Gasteiger partial charge is 0.377 e. The second-order valence-electron chi connectivity index (χ2n) is 8.79. The van der Waals surface area contributed by atoms with Gasteiger partial charge in [0.2, 0.25) is 0 Å². The highest BCUT2D eigenvalue weighted by Crippen LogP contribution is 2.34. The smallest absolute Gasteiger partial charge is 0.130 e. The summed E-state index contributed by atoms with van der Waals surface area (Å²) in [6.07, 6.45) is 9.63. The molecule has 3 aromatic heterocycles. The lowest BCUT2D eigenvalue weighted by Crippen LogP contribution is -2.44. The number of anilines is 1. The fraction of sp³-hybridized carbons (Fsp3) is 0.440. The number of allylic oxidation sites excluding steroid dienone is 1. The van der Waals surface area contributed by atoms with Crippen LogP contribution in [0, 0.1) is 5.41 Å². The lowest BCUT2D eigenvalue weighted by Gasteiger charge is -2.34. The van der Waals surface area contributed by atoms with Crippen molar-refractivity contribution >= 4 is 28.6 Å². The molecule has 2 atom stereocenters.